The Kier molecular flexibility index (Phi) is 4.64. The zero-order valence-electron chi connectivity index (χ0n) is 8.64. The molecule has 1 aromatic heterocycles. The largest absolute Gasteiger partial charge is 0.480 e. The number of aromatic nitrogens is 1. The maximum absolute atomic E-state index is 12.9. The molecule has 0 unspecified atom stereocenters. The molecule has 1 rings (SSSR count). The van der Waals surface area contributed by atoms with E-state index in [0.29, 0.717) is 12.0 Å². The summed E-state index contributed by atoms with van der Waals surface area (Å²) >= 11 is 0. The molecule has 0 bridgehead atoms. The molecule has 0 aliphatic carbocycles. The highest BCUT2D eigenvalue weighted by atomic mass is 19.1. The fraction of sp³-hybridized carbons (Fsp3) is 0.300. The van der Waals surface area contributed by atoms with E-state index in [2.05, 4.69) is 26.9 Å². The SMILES string of the molecule is COc1ncc(F)cc1C#CCCN=[N+]=[N-]. The van der Waals surface area contributed by atoms with E-state index >= 15 is 0 Å². The molecule has 0 atom stereocenters. The van der Waals surface area contributed by atoms with Crippen molar-refractivity contribution in [2.24, 2.45) is 5.11 Å². The van der Waals surface area contributed by atoms with Crippen molar-refractivity contribution in [3.05, 3.63) is 34.1 Å². The molecule has 0 aliphatic heterocycles. The summed E-state index contributed by atoms with van der Waals surface area (Å²) in [6, 6.07) is 1.24. The number of halogens is 1. The fourth-order valence-electron chi connectivity index (χ4n) is 0.987. The predicted molar refractivity (Wildman–Crippen MR) is 56.3 cm³/mol. The summed E-state index contributed by atoms with van der Waals surface area (Å²) in [6.45, 7) is 0.286. The van der Waals surface area contributed by atoms with Crippen LogP contribution in [-0.2, 0) is 0 Å². The van der Waals surface area contributed by atoms with Gasteiger partial charge in [0.1, 0.15) is 5.82 Å². The minimum absolute atomic E-state index is 0.276. The van der Waals surface area contributed by atoms with Gasteiger partial charge in [-0.15, -0.1) is 0 Å². The molecule has 1 heterocycles. The maximum atomic E-state index is 12.9. The van der Waals surface area contributed by atoms with Gasteiger partial charge < -0.3 is 4.74 Å². The lowest BCUT2D eigenvalue weighted by Gasteiger charge is -2.00. The van der Waals surface area contributed by atoms with E-state index in [4.69, 9.17) is 10.3 Å². The van der Waals surface area contributed by atoms with Crippen LogP contribution in [0.1, 0.15) is 12.0 Å². The Morgan fingerprint density at radius 3 is 3.19 bits per heavy atom. The van der Waals surface area contributed by atoms with Crippen LogP contribution < -0.4 is 4.74 Å². The quantitative estimate of drug-likeness (QED) is 0.258. The highest BCUT2D eigenvalue weighted by Crippen LogP contribution is 2.13. The monoisotopic (exact) mass is 220 g/mol. The smallest absolute Gasteiger partial charge is 0.229 e. The van der Waals surface area contributed by atoms with Gasteiger partial charge in [-0.3, -0.25) is 0 Å². The summed E-state index contributed by atoms with van der Waals surface area (Å²) in [5, 5.41) is 3.32. The van der Waals surface area contributed by atoms with Crippen LogP contribution in [0.5, 0.6) is 5.88 Å². The van der Waals surface area contributed by atoms with Crippen molar-refractivity contribution in [3.8, 4) is 17.7 Å². The molecule has 0 amide bonds. The van der Waals surface area contributed by atoms with Crippen molar-refractivity contribution in [1.82, 2.24) is 4.98 Å². The maximum Gasteiger partial charge on any atom is 0.229 e. The van der Waals surface area contributed by atoms with Gasteiger partial charge in [-0.25, -0.2) is 9.37 Å². The van der Waals surface area contributed by atoms with Crippen LogP contribution in [0.25, 0.3) is 10.4 Å². The van der Waals surface area contributed by atoms with Gasteiger partial charge in [0, 0.05) is 17.9 Å². The number of methoxy groups -OCH3 is 1. The summed E-state index contributed by atoms with van der Waals surface area (Å²) in [5.41, 5.74) is 8.41. The normalized spacial score (nSPS) is 8.62. The Labute approximate surface area is 91.9 Å². The highest BCUT2D eigenvalue weighted by Gasteiger charge is 2.02. The molecule has 16 heavy (non-hydrogen) atoms. The van der Waals surface area contributed by atoms with Crippen molar-refractivity contribution < 1.29 is 9.13 Å². The first-order chi connectivity index (χ1) is 7.77. The molecule has 0 N–H and O–H groups in total. The topological polar surface area (TPSA) is 70.9 Å². The van der Waals surface area contributed by atoms with Gasteiger partial charge in [0.2, 0.25) is 5.88 Å². The Hall–Kier alpha value is -2.25. The molecule has 0 fully saturated rings. The summed E-state index contributed by atoms with van der Waals surface area (Å²) in [6.07, 6.45) is 1.47. The number of hydrogen-bond acceptors (Lipinski definition) is 3. The predicted octanol–water partition coefficient (Wildman–Crippen LogP) is 2.28. The van der Waals surface area contributed by atoms with E-state index in [-0.39, 0.29) is 12.4 Å². The van der Waals surface area contributed by atoms with Gasteiger partial charge >= 0.3 is 0 Å². The van der Waals surface area contributed by atoms with Crippen molar-refractivity contribution in [2.75, 3.05) is 13.7 Å². The summed E-state index contributed by atoms with van der Waals surface area (Å²) in [5.74, 6) is 5.24. The number of hydrogen-bond donors (Lipinski definition) is 0. The van der Waals surface area contributed by atoms with E-state index in [1.807, 2.05) is 0 Å². The number of azide groups is 1. The van der Waals surface area contributed by atoms with Crippen molar-refractivity contribution >= 4 is 0 Å². The summed E-state index contributed by atoms with van der Waals surface area (Å²) in [4.78, 5) is 6.32. The molecule has 5 nitrogen and oxygen atoms in total. The fourth-order valence-corrected chi connectivity index (χ4v) is 0.987. The number of rotatable bonds is 3. The third-order valence-electron chi connectivity index (χ3n) is 1.63. The van der Waals surface area contributed by atoms with Gasteiger partial charge in [-0.1, -0.05) is 17.0 Å². The Morgan fingerprint density at radius 2 is 2.50 bits per heavy atom. The lowest BCUT2D eigenvalue weighted by atomic mass is 10.2. The second-order valence-electron chi connectivity index (χ2n) is 2.72. The molecular formula is C10H9FN4O. The Morgan fingerprint density at radius 1 is 1.69 bits per heavy atom. The zero-order valence-corrected chi connectivity index (χ0v) is 8.64. The van der Waals surface area contributed by atoms with Gasteiger partial charge in [-0.2, -0.15) is 0 Å². The Bertz CT molecular complexity index is 471. The van der Waals surface area contributed by atoms with E-state index in [9.17, 15) is 4.39 Å². The van der Waals surface area contributed by atoms with Gasteiger partial charge in [0.05, 0.1) is 18.9 Å². The molecule has 0 saturated heterocycles. The van der Waals surface area contributed by atoms with Gasteiger partial charge in [-0.05, 0) is 11.6 Å². The van der Waals surface area contributed by atoms with Crippen molar-refractivity contribution in [1.29, 1.82) is 0 Å². The minimum Gasteiger partial charge on any atom is -0.480 e. The van der Waals surface area contributed by atoms with E-state index < -0.39 is 5.82 Å². The minimum atomic E-state index is -0.472. The standard InChI is InChI=1S/C10H9FN4O/c1-16-10-8(6-9(11)7-13-10)4-2-3-5-14-15-12/h6-7H,3,5H2,1H3. The first kappa shape index (κ1) is 11.8. The third-order valence-corrected chi connectivity index (χ3v) is 1.63. The molecule has 6 heteroatoms. The van der Waals surface area contributed by atoms with Crippen LogP contribution in [0, 0.1) is 17.7 Å². The third kappa shape index (κ3) is 3.48. The summed E-state index contributed by atoms with van der Waals surface area (Å²) < 4.78 is 17.8. The first-order valence-electron chi connectivity index (χ1n) is 4.47. The van der Waals surface area contributed by atoms with E-state index in [1.165, 1.54) is 13.2 Å². The molecule has 0 saturated carbocycles. The lowest BCUT2D eigenvalue weighted by molar-refractivity contribution is 0.394. The number of ether oxygens (including phenoxy) is 1. The molecule has 82 valence electrons. The summed E-state index contributed by atoms with van der Waals surface area (Å²) in [7, 11) is 1.44. The second kappa shape index (κ2) is 6.27. The number of nitrogens with zero attached hydrogens (tertiary/aromatic N) is 4. The lowest BCUT2D eigenvalue weighted by Crippen LogP contribution is -1.92. The second-order valence-corrected chi connectivity index (χ2v) is 2.72. The van der Waals surface area contributed by atoms with Crippen LogP contribution in [0.4, 0.5) is 4.39 Å². The van der Waals surface area contributed by atoms with Gasteiger partial charge in [0.15, 0.2) is 0 Å². The highest BCUT2D eigenvalue weighted by molar-refractivity contribution is 5.41. The first-order valence-corrected chi connectivity index (χ1v) is 4.47. The van der Waals surface area contributed by atoms with Crippen LogP contribution in [0.2, 0.25) is 0 Å². The molecule has 0 aromatic carbocycles. The Balaban J connectivity index is 2.78. The molecule has 0 aliphatic rings. The zero-order chi connectivity index (χ0) is 11.8. The molecule has 0 radical (unpaired) electrons. The van der Waals surface area contributed by atoms with Gasteiger partial charge in [0.25, 0.3) is 0 Å². The van der Waals surface area contributed by atoms with Crippen LogP contribution in [-0.4, -0.2) is 18.6 Å². The molecule has 0 spiro atoms. The van der Waals surface area contributed by atoms with E-state index in [1.54, 1.807) is 0 Å². The van der Waals surface area contributed by atoms with Crippen LogP contribution in [0.15, 0.2) is 17.4 Å². The average molecular weight is 220 g/mol. The average Bonchev–Trinajstić information content (AvgIpc) is 2.29. The number of pyridine rings is 1. The van der Waals surface area contributed by atoms with Crippen molar-refractivity contribution in [2.45, 2.75) is 6.42 Å². The molecular weight excluding hydrogens is 211 g/mol. The molecule has 1 aromatic rings. The van der Waals surface area contributed by atoms with Crippen molar-refractivity contribution in [3.63, 3.8) is 0 Å². The van der Waals surface area contributed by atoms with Crippen LogP contribution in [0.3, 0.4) is 0 Å². The van der Waals surface area contributed by atoms with E-state index in [0.717, 1.165) is 6.20 Å². The van der Waals surface area contributed by atoms with Crippen LogP contribution >= 0.6 is 0 Å².